The molecular formula is C23H25N3O4. The summed E-state index contributed by atoms with van der Waals surface area (Å²) in [6, 6.07) is 16.7. The number of methoxy groups -OCH3 is 1. The fourth-order valence-electron chi connectivity index (χ4n) is 2.89. The molecule has 1 aromatic heterocycles. The van der Waals surface area contributed by atoms with E-state index in [-0.39, 0.29) is 11.5 Å². The van der Waals surface area contributed by atoms with Crippen molar-refractivity contribution in [2.24, 2.45) is 0 Å². The maximum absolute atomic E-state index is 12.9. The Bertz CT molecular complexity index is 1010. The number of esters is 1. The summed E-state index contributed by atoms with van der Waals surface area (Å²) in [4.78, 5) is 25.0. The lowest BCUT2D eigenvalue weighted by Crippen LogP contribution is -2.36. The van der Waals surface area contributed by atoms with Crippen LogP contribution in [0.15, 0.2) is 60.8 Å². The number of carbonyl (C=O) groups excluding carboxylic acids is 2. The lowest BCUT2D eigenvalue weighted by Gasteiger charge is -2.13. The second-order valence-electron chi connectivity index (χ2n) is 6.74. The molecule has 0 saturated heterocycles. The van der Waals surface area contributed by atoms with E-state index >= 15 is 0 Å². The van der Waals surface area contributed by atoms with Crippen molar-refractivity contribution < 1.29 is 19.1 Å². The van der Waals surface area contributed by atoms with Crippen LogP contribution in [-0.2, 0) is 9.53 Å². The van der Waals surface area contributed by atoms with Crippen molar-refractivity contribution in [2.45, 2.75) is 26.4 Å². The Balaban J connectivity index is 1.96. The normalized spacial score (nSPS) is 11.6. The van der Waals surface area contributed by atoms with E-state index in [0.717, 1.165) is 12.1 Å². The number of rotatable bonds is 8. The lowest BCUT2D eigenvalue weighted by atomic mass is 10.1. The standard InChI is InChI=1S/C23H25N3O4/c1-4-13-24-22(27)16(2)30-23(28)20-15-26(18-10-6-5-7-11-18)25-21(20)17-9-8-12-19(14-17)29-3/h5-12,14-16H,4,13H2,1-3H3,(H,24,27). The van der Waals surface area contributed by atoms with Crippen molar-refractivity contribution in [3.63, 3.8) is 0 Å². The highest BCUT2D eigenvalue weighted by Gasteiger charge is 2.24. The number of ether oxygens (including phenoxy) is 2. The van der Waals surface area contributed by atoms with Gasteiger partial charge in [-0.15, -0.1) is 0 Å². The number of nitrogens with one attached hydrogen (secondary N) is 1. The maximum Gasteiger partial charge on any atom is 0.342 e. The van der Waals surface area contributed by atoms with E-state index in [1.165, 1.54) is 0 Å². The number of hydrogen-bond acceptors (Lipinski definition) is 5. The molecule has 0 spiro atoms. The van der Waals surface area contributed by atoms with Gasteiger partial charge in [0.25, 0.3) is 5.91 Å². The summed E-state index contributed by atoms with van der Waals surface area (Å²) in [7, 11) is 1.58. The van der Waals surface area contributed by atoms with Crippen molar-refractivity contribution >= 4 is 11.9 Å². The molecule has 0 bridgehead atoms. The maximum atomic E-state index is 12.9. The molecule has 1 heterocycles. The van der Waals surface area contributed by atoms with Gasteiger partial charge >= 0.3 is 5.97 Å². The van der Waals surface area contributed by atoms with Crippen molar-refractivity contribution in [2.75, 3.05) is 13.7 Å². The van der Waals surface area contributed by atoms with Crippen molar-refractivity contribution in [3.8, 4) is 22.7 Å². The Kier molecular flexibility index (Phi) is 6.85. The van der Waals surface area contributed by atoms with Gasteiger partial charge in [0.2, 0.25) is 0 Å². The first-order valence-electron chi connectivity index (χ1n) is 9.81. The summed E-state index contributed by atoms with van der Waals surface area (Å²) < 4.78 is 12.3. The van der Waals surface area contributed by atoms with Crippen LogP contribution in [0.1, 0.15) is 30.6 Å². The molecule has 0 radical (unpaired) electrons. The topological polar surface area (TPSA) is 82.5 Å². The monoisotopic (exact) mass is 407 g/mol. The van der Waals surface area contributed by atoms with E-state index in [4.69, 9.17) is 9.47 Å². The van der Waals surface area contributed by atoms with E-state index in [2.05, 4.69) is 10.4 Å². The van der Waals surface area contributed by atoms with E-state index in [1.807, 2.05) is 55.5 Å². The molecule has 0 fully saturated rings. The molecule has 1 unspecified atom stereocenters. The average Bonchev–Trinajstić information content (AvgIpc) is 3.23. The van der Waals surface area contributed by atoms with Crippen molar-refractivity contribution in [1.82, 2.24) is 15.1 Å². The highest BCUT2D eigenvalue weighted by Crippen LogP contribution is 2.27. The average molecular weight is 407 g/mol. The fourth-order valence-corrected chi connectivity index (χ4v) is 2.89. The van der Waals surface area contributed by atoms with Crippen LogP contribution < -0.4 is 10.1 Å². The van der Waals surface area contributed by atoms with Crippen LogP contribution in [0.5, 0.6) is 5.75 Å². The smallest absolute Gasteiger partial charge is 0.342 e. The van der Waals surface area contributed by atoms with Crippen LogP contribution in [0.25, 0.3) is 16.9 Å². The summed E-state index contributed by atoms with van der Waals surface area (Å²) in [6.07, 6.45) is 1.50. The zero-order valence-electron chi connectivity index (χ0n) is 17.3. The van der Waals surface area contributed by atoms with Crippen LogP contribution in [0.3, 0.4) is 0 Å². The van der Waals surface area contributed by atoms with Gasteiger partial charge in [0.15, 0.2) is 6.10 Å². The van der Waals surface area contributed by atoms with Gasteiger partial charge in [0, 0.05) is 18.3 Å². The van der Waals surface area contributed by atoms with Crippen molar-refractivity contribution in [3.05, 3.63) is 66.4 Å². The van der Waals surface area contributed by atoms with E-state index in [9.17, 15) is 9.59 Å². The largest absolute Gasteiger partial charge is 0.497 e. The molecule has 1 atom stereocenters. The van der Waals surface area contributed by atoms with Crippen LogP contribution in [0.2, 0.25) is 0 Å². The minimum Gasteiger partial charge on any atom is -0.497 e. The number of aromatic nitrogens is 2. The molecule has 0 aliphatic rings. The molecule has 0 saturated carbocycles. The first-order chi connectivity index (χ1) is 14.5. The van der Waals surface area contributed by atoms with Crippen LogP contribution in [0.4, 0.5) is 0 Å². The number of carbonyl (C=O) groups is 2. The first kappa shape index (κ1) is 21.1. The number of para-hydroxylation sites is 1. The Morgan fingerprint density at radius 3 is 2.60 bits per heavy atom. The minimum absolute atomic E-state index is 0.266. The molecule has 3 aromatic rings. The van der Waals surface area contributed by atoms with Crippen LogP contribution in [0, 0.1) is 0 Å². The summed E-state index contributed by atoms with van der Waals surface area (Å²) in [5.74, 6) is -0.300. The van der Waals surface area contributed by atoms with Gasteiger partial charge in [0.05, 0.1) is 12.8 Å². The third-order valence-corrected chi connectivity index (χ3v) is 4.50. The lowest BCUT2D eigenvalue weighted by molar-refractivity contribution is -0.129. The van der Waals surface area contributed by atoms with Crippen LogP contribution >= 0.6 is 0 Å². The quantitative estimate of drug-likeness (QED) is 0.577. The molecule has 7 heteroatoms. The number of benzene rings is 2. The van der Waals surface area contributed by atoms with Gasteiger partial charge < -0.3 is 14.8 Å². The van der Waals surface area contributed by atoms with Gasteiger partial charge in [0.1, 0.15) is 17.0 Å². The third-order valence-electron chi connectivity index (χ3n) is 4.50. The molecule has 3 rings (SSSR count). The molecule has 0 aliphatic heterocycles. The summed E-state index contributed by atoms with van der Waals surface area (Å²) >= 11 is 0. The highest BCUT2D eigenvalue weighted by molar-refractivity contribution is 5.97. The summed E-state index contributed by atoms with van der Waals surface area (Å²) in [5.41, 5.74) is 2.22. The van der Waals surface area contributed by atoms with Gasteiger partial charge in [-0.25, -0.2) is 9.48 Å². The molecule has 0 aliphatic carbocycles. The first-order valence-corrected chi connectivity index (χ1v) is 9.81. The van der Waals surface area contributed by atoms with E-state index in [0.29, 0.717) is 23.6 Å². The molecule has 7 nitrogen and oxygen atoms in total. The minimum atomic E-state index is -0.915. The zero-order chi connectivity index (χ0) is 21.5. The molecule has 1 N–H and O–H groups in total. The highest BCUT2D eigenvalue weighted by atomic mass is 16.5. The second kappa shape index (κ2) is 9.73. The molecule has 2 aromatic carbocycles. The molecular weight excluding hydrogens is 382 g/mol. The predicted octanol–water partition coefficient (Wildman–Crippen LogP) is 3.62. The Labute approximate surface area is 175 Å². The van der Waals surface area contributed by atoms with Gasteiger partial charge in [-0.2, -0.15) is 5.10 Å². The number of hydrogen-bond donors (Lipinski definition) is 1. The Morgan fingerprint density at radius 2 is 1.90 bits per heavy atom. The molecule has 1 amide bonds. The van der Waals surface area contributed by atoms with Gasteiger partial charge in [-0.1, -0.05) is 37.3 Å². The van der Waals surface area contributed by atoms with Gasteiger partial charge in [-0.05, 0) is 37.6 Å². The van der Waals surface area contributed by atoms with Crippen molar-refractivity contribution in [1.29, 1.82) is 0 Å². The SMILES string of the molecule is CCCNC(=O)C(C)OC(=O)c1cn(-c2ccccc2)nc1-c1cccc(OC)c1. The molecule has 156 valence electrons. The fraction of sp³-hybridized carbons (Fsp3) is 0.261. The number of nitrogens with zero attached hydrogens (tertiary/aromatic N) is 2. The van der Waals surface area contributed by atoms with E-state index < -0.39 is 12.1 Å². The van der Waals surface area contributed by atoms with Gasteiger partial charge in [-0.3, -0.25) is 4.79 Å². The zero-order valence-corrected chi connectivity index (χ0v) is 17.3. The Morgan fingerprint density at radius 1 is 1.13 bits per heavy atom. The second-order valence-corrected chi connectivity index (χ2v) is 6.74. The molecule has 30 heavy (non-hydrogen) atoms. The summed E-state index contributed by atoms with van der Waals surface area (Å²) in [5, 5.41) is 7.34. The van der Waals surface area contributed by atoms with E-state index in [1.54, 1.807) is 31.0 Å². The number of amides is 1. The summed E-state index contributed by atoms with van der Waals surface area (Å²) in [6.45, 7) is 4.03. The third kappa shape index (κ3) is 4.86. The van der Waals surface area contributed by atoms with Crippen LogP contribution in [-0.4, -0.2) is 41.4 Å². The Hall–Kier alpha value is -3.61. The predicted molar refractivity (Wildman–Crippen MR) is 114 cm³/mol.